The molecule has 0 unspecified atom stereocenters. The molecule has 2 aromatic rings. The topological polar surface area (TPSA) is 24.1 Å². The minimum atomic E-state index is 0.979. The van der Waals surface area contributed by atoms with Gasteiger partial charge in [0, 0.05) is 13.1 Å². The van der Waals surface area contributed by atoms with Crippen LogP contribution in [0.15, 0.2) is 60.7 Å². The maximum atomic E-state index is 3.50. The summed E-state index contributed by atoms with van der Waals surface area (Å²) in [6.07, 6.45) is 3.78. The van der Waals surface area contributed by atoms with Crippen LogP contribution in [-0.4, -0.2) is 13.1 Å². The third-order valence-electron chi connectivity index (χ3n) is 3.55. The van der Waals surface area contributed by atoms with Gasteiger partial charge in [0.15, 0.2) is 0 Å². The molecule has 0 saturated heterocycles. The van der Waals surface area contributed by atoms with Crippen LogP contribution in [0.2, 0.25) is 0 Å². The van der Waals surface area contributed by atoms with E-state index in [0.717, 1.165) is 26.2 Å². The lowest BCUT2D eigenvalue weighted by Crippen LogP contribution is -2.16. The summed E-state index contributed by atoms with van der Waals surface area (Å²) in [5.74, 6) is 0. The fourth-order valence-electron chi connectivity index (χ4n) is 2.33. The van der Waals surface area contributed by atoms with Crippen LogP contribution >= 0.6 is 0 Å². The van der Waals surface area contributed by atoms with Crippen molar-refractivity contribution in [3.8, 4) is 0 Å². The Morgan fingerprint density at radius 3 is 1.38 bits per heavy atom. The van der Waals surface area contributed by atoms with Crippen molar-refractivity contribution in [3.63, 3.8) is 0 Å². The quantitative estimate of drug-likeness (QED) is 0.649. The van der Waals surface area contributed by atoms with E-state index in [2.05, 4.69) is 71.3 Å². The number of benzene rings is 2. The van der Waals surface area contributed by atoms with Gasteiger partial charge >= 0.3 is 0 Å². The molecule has 0 aromatic heterocycles. The number of unbranched alkanes of at least 4 members (excludes halogenated alkanes) is 2. The van der Waals surface area contributed by atoms with Crippen LogP contribution in [0.1, 0.15) is 30.4 Å². The van der Waals surface area contributed by atoms with Gasteiger partial charge in [0.05, 0.1) is 0 Å². The normalized spacial score (nSPS) is 10.7. The maximum Gasteiger partial charge on any atom is 0.0205 e. The Morgan fingerprint density at radius 1 is 0.524 bits per heavy atom. The van der Waals surface area contributed by atoms with Crippen molar-refractivity contribution in [2.75, 3.05) is 13.1 Å². The Bertz CT molecular complexity index is 422. The van der Waals surface area contributed by atoms with E-state index >= 15 is 0 Å². The van der Waals surface area contributed by atoms with E-state index in [-0.39, 0.29) is 0 Å². The van der Waals surface area contributed by atoms with Crippen molar-refractivity contribution in [3.05, 3.63) is 71.8 Å². The molecule has 2 N–H and O–H groups in total. The van der Waals surface area contributed by atoms with Crippen LogP contribution in [0, 0.1) is 0 Å². The van der Waals surface area contributed by atoms with Crippen LogP contribution in [0.25, 0.3) is 0 Å². The van der Waals surface area contributed by atoms with E-state index in [0.29, 0.717) is 0 Å². The molecule has 21 heavy (non-hydrogen) atoms. The van der Waals surface area contributed by atoms with Gasteiger partial charge in [-0.05, 0) is 37.1 Å². The highest BCUT2D eigenvalue weighted by atomic mass is 14.9. The first-order valence-corrected chi connectivity index (χ1v) is 7.94. The molecule has 0 bridgehead atoms. The second-order valence-corrected chi connectivity index (χ2v) is 5.39. The van der Waals surface area contributed by atoms with Crippen LogP contribution < -0.4 is 10.6 Å². The van der Waals surface area contributed by atoms with Crippen molar-refractivity contribution in [2.24, 2.45) is 0 Å². The molecule has 0 heterocycles. The Balaban J connectivity index is 1.40. The molecule has 0 fully saturated rings. The number of nitrogens with one attached hydrogen (secondary N) is 2. The van der Waals surface area contributed by atoms with Gasteiger partial charge in [-0.2, -0.15) is 0 Å². The van der Waals surface area contributed by atoms with Crippen LogP contribution in [0.5, 0.6) is 0 Å². The predicted octanol–water partition coefficient (Wildman–Crippen LogP) is 3.74. The summed E-state index contributed by atoms with van der Waals surface area (Å²) in [6, 6.07) is 21.2. The largest absolute Gasteiger partial charge is 0.313 e. The Morgan fingerprint density at radius 2 is 0.952 bits per heavy atom. The second kappa shape index (κ2) is 10.1. The highest BCUT2D eigenvalue weighted by Crippen LogP contribution is 1.99. The number of hydrogen-bond donors (Lipinski definition) is 2. The molecule has 2 nitrogen and oxygen atoms in total. The van der Waals surface area contributed by atoms with Crippen LogP contribution in [0.4, 0.5) is 0 Å². The minimum Gasteiger partial charge on any atom is -0.313 e. The molecule has 2 heteroatoms. The maximum absolute atomic E-state index is 3.50. The average molecular weight is 282 g/mol. The number of hydrogen-bond acceptors (Lipinski definition) is 2. The molecule has 0 aliphatic carbocycles. The Kier molecular flexibility index (Phi) is 7.60. The molecular weight excluding hydrogens is 256 g/mol. The summed E-state index contributed by atoms with van der Waals surface area (Å²) in [5.41, 5.74) is 2.73. The van der Waals surface area contributed by atoms with Crippen molar-refractivity contribution >= 4 is 0 Å². The third kappa shape index (κ3) is 7.07. The number of rotatable bonds is 10. The van der Waals surface area contributed by atoms with Gasteiger partial charge in [0.2, 0.25) is 0 Å². The van der Waals surface area contributed by atoms with Gasteiger partial charge in [-0.3, -0.25) is 0 Å². The van der Waals surface area contributed by atoms with E-state index in [1.165, 1.54) is 30.4 Å². The molecular formula is C19H26N2. The summed E-state index contributed by atoms with van der Waals surface area (Å²) >= 11 is 0. The average Bonchev–Trinajstić information content (AvgIpc) is 2.55. The fourth-order valence-corrected chi connectivity index (χ4v) is 2.33. The fraction of sp³-hybridized carbons (Fsp3) is 0.368. The standard InChI is InChI=1S/C19H26N2/c1-4-10-18(11-5-1)16-20-14-8-3-9-15-21-17-19-12-6-2-7-13-19/h1-2,4-7,10-13,20-21H,3,8-9,14-17H2. The summed E-state index contributed by atoms with van der Waals surface area (Å²) in [6.45, 7) is 4.17. The van der Waals surface area contributed by atoms with Crippen molar-refractivity contribution in [1.82, 2.24) is 10.6 Å². The molecule has 2 aromatic carbocycles. The predicted molar refractivity (Wildman–Crippen MR) is 90.1 cm³/mol. The van der Waals surface area contributed by atoms with E-state index < -0.39 is 0 Å². The van der Waals surface area contributed by atoms with Crippen molar-refractivity contribution in [2.45, 2.75) is 32.4 Å². The highest BCUT2D eigenvalue weighted by Gasteiger charge is 1.93. The monoisotopic (exact) mass is 282 g/mol. The first kappa shape index (κ1) is 15.7. The molecule has 0 aliphatic rings. The zero-order chi connectivity index (χ0) is 14.6. The molecule has 0 aliphatic heterocycles. The van der Waals surface area contributed by atoms with Gasteiger partial charge in [-0.25, -0.2) is 0 Å². The Labute approximate surface area is 128 Å². The van der Waals surface area contributed by atoms with Gasteiger partial charge < -0.3 is 10.6 Å². The van der Waals surface area contributed by atoms with Crippen molar-refractivity contribution in [1.29, 1.82) is 0 Å². The molecule has 0 saturated carbocycles. The molecule has 0 amide bonds. The first-order valence-electron chi connectivity index (χ1n) is 7.94. The van der Waals surface area contributed by atoms with E-state index in [4.69, 9.17) is 0 Å². The van der Waals surface area contributed by atoms with E-state index in [1.807, 2.05) is 0 Å². The second-order valence-electron chi connectivity index (χ2n) is 5.39. The summed E-state index contributed by atoms with van der Waals surface area (Å²) in [5, 5.41) is 7.00. The van der Waals surface area contributed by atoms with Gasteiger partial charge in [-0.1, -0.05) is 67.1 Å². The molecule has 0 spiro atoms. The molecule has 112 valence electrons. The summed E-state index contributed by atoms with van der Waals surface area (Å²) in [7, 11) is 0. The van der Waals surface area contributed by atoms with Gasteiger partial charge in [0.25, 0.3) is 0 Å². The molecule has 0 radical (unpaired) electrons. The van der Waals surface area contributed by atoms with E-state index in [9.17, 15) is 0 Å². The van der Waals surface area contributed by atoms with Gasteiger partial charge in [0.1, 0.15) is 0 Å². The SMILES string of the molecule is c1ccc(CNCCCCCNCc2ccccc2)cc1. The lowest BCUT2D eigenvalue weighted by atomic mass is 10.2. The molecule has 0 atom stereocenters. The zero-order valence-electron chi connectivity index (χ0n) is 12.7. The Hall–Kier alpha value is -1.64. The smallest absolute Gasteiger partial charge is 0.0205 e. The highest BCUT2D eigenvalue weighted by molar-refractivity contribution is 5.14. The van der Waals surface area contributed by atoms with E-state index in [1.54, 1.807) is 0 Å². The lowest BCUT2D eigenvalue weighted by Gasteiger charge is -2.06. The lowest BCUT2D eigenvalue weighted by molar-refractivity contribution is 0.572. The first-order chi connectivity index (χ1) is 10.4. The molecule has 2 rings (SSSR count). The summed E-state index contributed by atoms with van der Waals surface area (Å²) in [4.78, 5) is 0. The van der Waals surface area contributed by atoms with Crippen LogP contribution in [-0.2, 0) is 13.1 Å². The zero-order valence-corrected chi connectivity index (χ0v) is 12.7. The third-order valence-corrected chi connectivity index (χ3v) is 3.55. The minimum absolute atomic E-state index is 0.979. The van der Waals surface area contributed by atoms with Crippen LogP contribution in [0.3, 0.4) is 0 Å². The van der Waals surface area contributed by atoms with Gasteiger partial charge in [-0.15, -0.1) is 0 Å². The van der Waals surface area contributed by atoms with Crippen molar-refractivity contribution < 1.29 is 0 Å². The summed E-state index contributed by atoms with van der Waals surface area (Å²) < 4.78 is 0.